The van der Waals surface area contributed by atoms with E-state index in [-0.39, 0.29) is 11.7 Å². The lowest BCUT2D eigenvalue weighted by Gasteiger charge is -2.06. The largest absolute Gasteiger partial charge is 0.350 e. The normalized spacial score (nSPS) is 10.3. The Morgan fingerprint density at radius 1 is 1.28 bits per heavy atom. The summed E-state index contributed by atoms with van der Waals surface area (Å²) in [6.45, 7) is 0.537. The molecule has 0 saturated heterocycles. The van der Waals surface area contributed by atoms with Crippen LogP contribution in [-0.2, 0) is 13.5 Å². The van der Waals surface area contributed by atoms with E-state index in [0.29, 0.717) is 18.7 Å². The number of carbonyl (C=O) groups is 1. The van der Waals surface area contributed by atoms with Crippen molar-refractivity contribution in [3.05, 3.63) is 59.7 Å². The van der Waals surface area contributed by atoms with Crippen LogP contribution in [0.4, 0.5) is 4.39 Å². The zero-order chi connectivity index (χ0) is 13.0. The van der Waals surface area contributed by atoms with Gasteiger partial charge in [0.15, 0.2) is 0 Å². The first-order valence-corrected chi connectivity index (χ1v) is 5.81. The molecule has 0 aliphatic carbocycles. The Morgan fingerprint density at radius 2 is 2.00 bits per heavy atom. The van der Waals surface area contributed by atoms with Gasteiger partial charge in [-0.15, -0.1) is 0 Å². The van der Waals surface area contributed by atoms with E-state index in [0.717, 1.165) is 5.56 Å². The van der Waals surface area contributed by atoms with Crippen molar-refractivity contribution in [3.8, 4) is 0 Å². The maximum Gasteiger partial charge on any atom is 0.267 e. The summed E-state index contributed by atoms with van der Waals surface area (Å²) in [5, 5.41) is 2.84. The quantitative estimate of drug-likeness (QED) is 0.881. The van der Waals surface area contributed by atoms with Gasteiger partial charge < -0.3 is 9.88 Å². The van der Waals surface area contributed by atoms with E-state index in [1.54, 1.807) is 22.8 Å². The summed E-state index contributed by atoms with van der Waals surface area (Å²) in [6, 6.07) is 9.90. The summed E-state index contributed by atoms with van der Waals surface area (Å²) in [5.41, 5.74) is 1.64. The molecule has 0 fully saturated rings. The molecule has 0 saturated carbocycles. The van der Waals surface area contributed by atoms with Crippen molar-refractivity contribution in [1.82, 2.24) is 9.88 Å². The van der Waals surface area contributed by atoms with Crippen LogP contribution in [0.25, 0.3) is 0 Å². The van der Waals surface area contributed by atoms with Gasteiger partial charge in [-0.05, 0) is 36.2 Å². The Labute approximate surface area is 105 Å². The molecule has 0 bridgehead atoms. The third-order valence-corrected chi connectivity index (χ3v) is 2.79. The van der Waals surface area contributed by atoms with Gasteiger partial charge >= 0.3 is 0 Å². The Balaban J connectivity index is 1.84. The van der Waals surface area contributed by atoms with Crippen molar-refractivity contribution < 1.29 is 9.18 Å². The van der Waals surface area contributed by atoms with Crippen LogP contribution < -0.4 is 5.32 Å². The molecular formula is C14H15FN2O. The van der Waals surface area contributed by atoms with Gasteiger partial charge in [0.1, 0.15) is 11.5 Å². The van der Waals surface area contributed by atoms with Gasteiger partial charge in [0.25, 0.3) is 5.91 Å². The Morgan fingerprint density at radius 3 is 2.61 bits per heavy atom. The fourth-order valence-corrected chi connectivity index (χ4v) is 1.76. The molecule has 1 amide bonds. The molecule has 0 atom stereocenters. The maximum atomic E-state index is 12.7. The summed E-state index contributed by atoms with van der Waals surface area (Å²) in [5.74, 6) is -0.337. The second-order valence-electron chi connectivity index (χ2n) is 4.14. The number of nitrogens with one attached hydrogen (secondary N) is 1. The lowest BCUT2D eigenvalue weighted by Crippen LogP contribution is -2.27. The minimum Gasteiger partial charge on any atom is -0.350 e. The molecule has 4 heteroatoms. The van der Waals surface area contributed by atoms with Crippen molar-refractivity contribution in [2.24, 2.45) is 7.05 Å². The van der Waals surface area contributed by atoms with Gasteiger partial charge in [-0.25, -0.2) is 4.39 Å². The number of benzene rings is 1. The first-order chi connectivity index (χ1) is 8.66. The minimum atomic E-state index is -0.244. The van der Waals surface area contributed by atoms with Crippen molar-refractivity contribution >= 4 is 5.91 Å². The third kappa shape index (κ3) is 2.97. The first kappa shape index (κ1) is 12.4. The molecule has 94 valence electrons. The van der Waals surface area contributed by atoms with E-state index < -0.39 is 0 Å². The molecule has 0 unspecified atom stereocenters. The van der Waals surface area contributed by atoms with Crippen LogP contribution in [0, 0.1) is 5.82 Å². The number of halogens is 1. The molecule has 0 aliphatic heterocycles. The standard InChI is InChI=1S/C14H15FN2O/c1-17-10-2-3-13(17)14(18)16-9-8-11-4-6-12(15)7-5-11/h2-7,10H,8-9H2,1H3,(H,16,18). The molecule has 1 aromatic carbocycles. The number of nitrogens with zero attached hydrogens (tertiary/aromatic N) is 1. The molecule has 0 aliphatic rings. The summed E-state index contributed by atoms with van der Waals surface area (Å²) in [6.07, 6.45) is 2.52. The van der Waals surface area contributed by atoms with Crippen molar-refractivity contribution in [2.45, 2.75) is 6.42 Å². The predicted molar refractivity (Wildman–Crippen MR) is 67.9 cm³/mol. The Kier molecular flexibility index (Phi) is 3.77. The predicted octanol–water partition coefficient (Wildman–Crippen LogP) is 2.14. The van der Waals surface area contributed by atoms with E-state index in [9.17, 15) is 9.18 Å². The van der Waals surface area contributed by atoms with Gasteiger partial charge in [0.05, 0.1) is 0 Å². The molecule has 1 aromatic heterocycles. The van der Waals surface area contributed by atoms with Gasteiger partial charge in [-0.2, -0.15) is 0 Å². The topological polar surface area (TPSA) is 34.0 Å². The molecule has 3 nitrogen and oxygen atoms in total. The molecular weight excluding hydrogens is 231 g/mol. The second kappa shape index (κ2) is 5.49. The fraction of sp³-hybridized carbons (Fsp3) is 0.214. The van der Waals surface area contributed by atoms with Crippen molar-refractivity contribution in [3.63, 3.8) is 0 Å². The molecule has 1 N–H and O–H groups in total. The molecule has 0 spiro atoms. The minimum absolute atomic E-state index is 0.0930. The van der Waals surface area contributed by atoms with Crippen molar-refractivity contribution in [1.29, 1.82) is 0 Å². The van der Waals surface area contributed by atoms with E-state index in [1.807, 2.05) is 19.3 Å². The fourth-order valence-electron chi connectivity index (χ4n) is 1.76. The average Bonchev–Trinajstić information content (AvgIpc) is 2.78. The van der Waals surface area contributed by atoms with Crippen LogP contribution in [0.2, 0.25) is 0 Å². The molecule has 18 heavy (non-hydrogen) atoms. The van der Waals surface area contributed by atoms with E-state index in [1.165, 1.54) is 12.1 Å². The van der Waals surface area contributed by atoms with Gasteiger partial charge in [0.2, 0.25) is 0 Å². The Hall–Kier alpha value is -2.10. The van der Waals surface area contributed by atoms with Gasteiger partial charge in [0, 0.05) is 19.8 Å². The summed E-state index contributed by atoms with van der Waals surface area (Å²) >= 11 is 0. The maximum absolute atomic E-state index is 12.7. The number of amides is 1. The highest BCUT2D eigenvalue weighted by molar-refractivity contribution is 5.92. The van der Waals surface area contributed by atoms with Crippen LogP contribution in [-0.4, -0.2) is 17.0 Å². The van der Waals surface area contributed by atoms with Crippen LogP contribution in [0.5, 0.6) is 0 Å². The summed E-state index contributed by atoms with van der Waals surface area (Å²) in [7, 11) is 1.83. The Bertz CT molecular complexity index is 531. The third-order valence-electron chi connectivity index (χ3n) is 2.79. The number of aryl methyl sites for hydroxylation is 1. The average molecular weight is 246 g/mol. The summed E-state index contributed by atoms with van der Waals surface area (Å²) in [4.78, 5) is 11.8. The summed E-state index contributed by atoms with van der Waals surface area (Å²) < 4.78 is 14.5. The van der Waals surface area contributed by atoms with Crippen molar-refractivity contribution in [2.75, 3.05) is 6.54 Å². The zero-order valence-electron chi connectivity index (χ0n) is 10.2. The highest BCUT2D eigenvalue weighted by Crippen LogP contribution is 2.03. The second-order valence-corrected chi connectivity index (χ2v) is 4.14. The first-order valence-electron chi connectivity index (χ1n) is 5.81. The molecule has 2 rings (SSSR count). The van der Waals surface area contributed by atoms with E-state index >= 15 is 0 Å². The SMILES string of the molecule is Cn1cccc1C(=O)NCCc1ccc(F)cc1. The lowest BCUT2D eigenvalue weighted by atomic mass is 10.1. The molecule has 2 aromatic rings. The number of carbonyl (C=O) groups excluding carboxylic acids is 1. The highest BCUT2D eigenvalue weighted by Gasteiger charge is 2.07. The van der Waals surface area contributed by atoms with Crippen LogP contribution in [0.1, 0.15) is 16.1 Å². The number of rotatable bonds is 4. The zero-order valence-corrected chi connectivity index (χ0v) is 10.2. The van der Waals surface area contributed by atoms with Crippen LogP contribution >= 0.6 is 0 Å². The van der Waals surface area contributed by atoms with E-state index in [2.05, 4.69) is 5.32 Å². The molecule has 0 radical (unpaired) electrons. The van der Waals surface area contributed by atoms with Gasteiger partial charge in [-0.1, -0.05) is 12.1 Å². The molecule has 1 heterocycles. The lowest BCUT2D eigenvalue weighted by molar-refractivity contribution is 0.0946. The van der Waals surface area contributed by atoms with Crippen LogP contribution in [0.3, 0.4) is 0 Å². The number of hydrogen-bond acceptors (Lipinski definition) is 1. The smallest absolute Gasteiger partial charge is 0.267 e. The van der Waals surface area contributed by atoms with Gasteiger partial charge in [-0.3, -0.25) is 4.79 Å². The van der Waals surface area contributed by atoms with E-state index in [4.69, 9.17) is 0 Å². The highest BCUT2D eigenvalue weighted by atomic mass is 19.1. The monoisotopic (exact) mass is 246 g/mol. The van der Waals surface area contributed by atoms with Crippen LogP contribution in [0.15, 0.2) is 42.6 Å². The number of hydrogen-bond donors (Lipinski definition) is 1. The number of aromatic nitrogens is 1.